The van der Waals surface area contributed by atoms with E-state index in [0.29, 0.717) is 18.0 Å². The van der Waals surface area contributed by atoms with Gasteiger partial charge < -0.3 is 10.6 Å². The SMILES string of the molecule is CCn1cc(C(=O)N2CC(CN)CC2C)cn1. The molecular weight excluding hydrogens is 216 g/mol. The topological polar surface area (TPSA) is 64.2 Å². The number of carbonyl (C=O) groups excluding carboxylic acids is 1. The van der Waals surface area contributed by atoms with Gasteiger partial charge in [-0.3, -0.25) is 9.48 Å². The fraction of sp³-hybridized carbons (Fsp3) is 0.667. The first kappa shape index (κ1) is 12.1. The molecule has 2 rings (SSSR count). The van der Waals surface area contributed by atoms with Crippen molar-refractivity contribution in [1.29, 1.82) is 0 Å². The Balaban J connectivity index is 2.09. The van der Waals surface area contributed by atoms with Crippen LogP contribution in [0.3, 0.4) is 0 Å². The lowest BCUT2D eigenvalue weighted by Gasteiger charge is -2.20. The highest BCUT2D eigenvalue weighted by Gasteiger charge is 2.32. The molecule has 17 heavy (non-hydrogen) atoms. The van der Waals surface area contributed by atoms with Gasteiger partial charge in [0, 0.05) is 25.3 Å². The molecule has 1 aromatic heterocycles. The van der Waals surface area contributed by atoms with Crippen LogP contribution >= 0.6 is 0 Å². The highest BCUT2D eigenvalue weighted by atomic mass is 16.2. The molecule has 1 amide bonds. The number of hydrogen-bond acceptors (Lipinski definition) is 3. The van der Waals surface area contributed by atoms with E-state index < -0.39 is 0 Å². The van der Waals surface area contributed by atoms with Crippen LogP contribution < -0.4 is 5.73 Å². The Kier molecular flexibility index (Phi) is 3.47. The number of amides is 1. The van der Waals surface area contributed by atoms with Crippen LogP contribution in [-0.4, -0.2) is 39.7 Å². The maximum Gasteiger partial charge on any atom is 0.257 e. The van der Waals surface area contributed by atoms with E-state index in [1.54, 1.807) is 10.9 Å². The zero-order valence-electron chi connectivity index (χ0n) is 10.5. The number of nitrogens with two attached hydrogens (primary N) is 1. The fourth-order valence-electron chi connectivity index (χ4n) is 2.41. The van der Waals surface area contributed by atoms with Crippen molar-refractivity contribution in [2.45, 2.75) is 32.9 Å². The third-order valence-corrected chi connectivity index (χ3v) is 3.46. The largest absolute Gasteiger partial charge is 0.336 e. The maximum atomic E-state index is 12.3. The van der Waals surface area contributed by atoms with E-state index in [4.69, 9.17) is 5.73 Å². The third kappa shape index (κ3) is 2.34. The molecule has 1 fully saturated rings. The van der Waals surface area contributed by atoms with Gasteiger partial charge in [-0.2, -0.15) is 5.10 Å². The molecular formula is C12H20N4O. The minimum absolute atomic E-state index is 0.0770. The Morgan fingerprint density at radius 2 is 2.41 bits per heavy atom. The van der Waals surface area contributed by atoms with Crippen LogP contribution in [0, 0.1) is 5.92 Å². The van der Waals surface area contributed by atoms with E-state index in [-0.39, 0.29) is 11.9 Å². The van der Waals surface area contributed by atoms with Crippen LogP contribution in [0.4, 0.5) is 0 Å². The minimum atomic E-state index is 0.0770. The van der Waals surface area contributed by atoms with Crippen molar-refractivity contribution in [1.82, 2.24) is 14.7 Å². The predicted molar refractivity (Wildman–Crippen MR) is 65.6 cm³/mol. The summed E-state index contributed by atoms with van der Waals surface area (Å²) in [4.78, 5) is 14.2. The van der Waals surface area contributed by atoms with Crippen LogP contribution in [0.1, 0.15) is 30.6 Å². The molecule has 0 aromatic carbocycles. The standard InChI is InChI=1S/C12H20N4O/c1-3-15-8-11(6-14-15)12(17)16-7-10(5-13)4-9(16)2/h6,8-10H,3-5,7,13H2,1-2H3. The van der Waals surface area contributed by atoms with Gasteiger partial charge in [-0.15, -0.1) is 0 Å². The monoisotopic (exact) mass is 236 g/mol. The van der Waals surface area contributed by atoms with Crippen LogP contribution in [0.5, 0.6) is 0 Å². The average Bonchev–Trinajstić information content (AvgIpc) is 2.94. The summed E-state index contributed by atoms with van der Waals surface area (Å²) in [5.74, 6) is 0.517. The molecule has 2 heterocycles. The van der Waals surface area contributed by atoms with Crippen molar-refractivity contribution >= 4 is 5.91 Å². The van der Waals surface area contributed by atoms with Gasteiger partial charge in [-0.25, -0.2) is 0 Å². The molecule has 0 aliphatic carbocycles. The Morgan fingerprint density at radius 1 is 1.65 bits per heavy atom. The summed E-state index contributed by atoms with van der Waals surface area (Å²) >= 11 is 0. The normalized spacial score (nSPS) is 24.3. The van der Waals surface area contributed by atoms with Gasteiger partial charge in [0.1, 0.15) is 0 Å². The average molecular weight is 236 g/mol. The van der Waals surface area contributed by atoms with E-state index in [2.05, 4.69) is 12.0 Å². The zero-order valence-corrected chi connectivity index (χ0v) is 10.5. The summed E-state index contributed by atoms with van der Waals surface area (Å²) in [5, 5.41) is 4.14. The van der Waals surface area contributed by atoms with Crippen molar-refractivity contribution in [3.8, 4) is 0 Å². The van der Waals surface area contributed by atoms with Gasteiger partial charge in [-0.05, 0) is 32.7 Å². The summed E-state index contributed by atoms with van der Waals surface area (Å²) in [6, 6.07) is 0.279. The molecule has 2 N–H and O–H groups in total. The zero-order chi connectivity index (χ0) is 12.4. The van der Waals surface area contributed by atoms with E-state index >= 15 is 0 Å². The third-order valence-electron chi connectivity index (χ3n) is 3.46. The molecule has 0 saturated carbocycles. The van der Waals surface area contributed by atoms with Crippen molar-refractivity contribution < 1.29 is 4.79 Å². The van der Waals surface area contributed by atoms with Crippen LogP contribution in [0.25, 0.3) is 0 Å². The molecule has 1 aromatic rings. The summed E-state index contributed by atoms with van der Waals surface area (Å²) in [7, 11) is 0. The summed E-state index contributed by atoms with van der Waals surface area (Å²) in [6.45, 7) is 6.30. The quantitative estimate of drug-likeness (QED) is 0.840. The summed E-state index contributed by atoms with van der Waals surface area (Å²) < 4.78 is 1.77. The van der Waals surface area contributed by atoms with Crippen molar-refractivity contribution in [3.05, 3.63) is 18.0 Å². The molecule has 0 spiro atoms. The maximum absolute atomic E-state index is 12.3. The lowest BCUT2D eigenvalue weighted by Crippen LogP contribution is -2.34. The number of hydrogen-bond donors (Lipinski definition) is 1. The van der Waals surface area contributed by atoms with Gasteiger partial charge in [0.2, 0.25) is 0 Å². The van der Waals surface area contributed by atoms with Gasteiger partial charge in [0.05, 0.1) is 11.8 Å². The number of aryl methyl sites for hydroxylation is 1. The van der Waals surface area contributed by atoms with E-state index in [1.807, 2.05) is 18.0 Å². The highest BCUT2D eigenvalue weighted by molar-refractivity contribution is 5.94. The summed E-state index contributed by atoms with van der Waals surface area (Å²) in [6.07, 6.45) is 4.46. The number of likely N-dealkylation sites (tertiary alicyclic amines) is 1. The lowest BCUT2D eigenvalue weighted by atomic mass is 10.1. The van der Waals surface area contributed by atoms with Crippen LogP contribution in [-0.2, 0) is 6.54 Å². The van der Waals surface area contributed by atoms with Crippen LogP contribution in [0.15, 0.2) is 12.4 Å². The Hall–Kier alpha value is -1.36. The molecule has 2 unspecified atom stereocenters. The van der Waals surface area contributed by atoms with Gasteiger partial charge in [-0.1, -0.05) is 0 Å². The molecule has 1 aliphatic heterocycles. The fourth-order valence-corrected chi connectivity index (χ4v) is 2.41. The van der Waals surface area contributed by atoms with E-state index in [0.717, 1.165) is 19.5 Å². The molecule has 1 saturated heterocycles. The molecule has 0 bridgehead atoms. The number of nitrogens with zero attached hydrogens (tertiary/aromatic N) is 3. The van der Waals surface area contributed by atoms with Gasteiger partial charge in [0.25, 0.3) is 5.91 Å². The minimum Gasteiger partial charge on any atom is -0.336 e. The highest BCUT2D eigenvalue weighted by Crippen LogP contribution is 2.23. The molecule has 5 nitrogen and oxygen atoms in total. The van der Waals surface area contributed by atoms with Crippen molar-refractivity contribution in [2.75, 3.05) is 13.1 Å². The Morgan fingerprint density at radius 3 is 2.94 bits per heavy atom. The molecule has 1 aliphatic rings. The second-order valence-corrected chi connectivity index (χ2v) is 4.73. The van der Waals surface area contributed by atoms with E-state index in [9.17, 15) is 4.79 Å². The number of rotatable bonds is 3. The van der Waals surface area contributed by atoms with Gasteiger partial charge >= 0.3 is 0 Å². The van der Waals surface area contributed by atoms with E-state index in [1.165, 1.54) is 0 Å². The smallest absolute Gasteiger partial charge is 0.257 e. The Labute approximate surface area is 102 Å². The number of carbonyl (C=O) groups is 1. The van der Waals surface area contributed by atoms with Crippen molar-refractivity contribution in [2.24, 2.45) is 11.7 Å². The first-order valence-corrected chi connectivity index (χ1v) is 6.19. The molecule has 0 radical (unpaired) electrons. The Bertz CT molecular complexity index is 401. The molecule has 5 heteroatoms. The van der Waals surface area contributed by atoms with Crippen LogP contribution in [0.2, 0.25) is 0 Å². The summed E-state index contributed by atoms with van der Waals surface area (Å²) in [5.41, 5.74) is 6.35. The molecule has 94 valence electrons. The van der Waals surface area contributed by atoms with Gasteiger partial charge in [0.15, 0.2) is 0 Å². The second-order valence-electron chi connectivity index (χ2n) is 4.73. The van der Waals surface area contributed by atoms with Crippen molar-refractivity contribution in [3.63, 3.8) is 0 Å². The predicted octanol–water partition coefficient (Wildman–Crippen LogP) is 0.712. The second kappa shape index (κ2) is 4.87. The molecule has 2 atom stereocenters. The lowest BCUT2D eigenvalue weighted by molar-refractivity contribution is 0.0743. The number of aromatic nitrogens is 2. The first-order chi connectivity index (χ1) is 8.15. The first-order valence-electron chi connectivity index (χ1n) is 6.19.